The standard InChI is InChI=1S/C16H21ClN4O5S/c1-27(25,26)20(13-5-3-2-4-6-13)11-16(22)19-18-10-12-9-14(21(23)24)7-8-15(12)17/h7-10,13H,2-6,11H2,1H3,(H,19,22). The molecule has 0 bridgehead atoms. The molecule has 148 valence electrons. The molecule has 1 aromatic carbocycles. The number of halogens is 1. The van der Waals surface area contributed by atoms with Crippen LogP contribution in [0.5, 0.6) is 0 Å². The highest BCUT2D eigenvalue weighted by Crippen LogP contribution is 2.24. The Morgan fingerprint density at radius 1 is 1.41 bits per heavy atom. The summed E-state index contributed by atoms with van der Waals surface area (Å²) in [6.45, 7) is -0.330. The normalized spacial score (nSPS) is 16.0. The first-order chi connectivity index (χ1) is 12.7. The number of rotatable bonds is 7. The third-order valence-corrected chi connectivity index (χ3v) is 5.91. The summed E-state index contributed by atoms with van der Waals surface area (Å²) in [6.07, 6.45) is 6.65. The van der Waals surface area contributed by atoms with E-state index in [2.05, 4.69) is 10.5 Å². The second-order valence-corrected chi connectivity index (χ2v) is 8.70. The Hall–Kier alpha value is -2.04. The molecule has 0 saturated heterocycles. The fraction of sp³-hybridized carbons (Fsp3) is 0.500. The molecule has 1 N–H and O–H groups in total. The van der Waals surface area contributed by atoms with Gasteiger partial charge in [0.05, 0.1) is 23.9 Å². The van der Waals surface area contributed by atoms with Crippen molar-refractivity contribution in [3.8, 4) is 0 Å². The van der Waals surface area contributed by atoms with E-state index < -0.39 is 20.9 Å². The van der Waals surface area contributed by atoms with Crippen LogP contribution in [0.25, 0.3) is 0 Å². The lowest BCUT2D eigenvalue weighted by molar-refractivity contribution is -0.384. The number of sulfonamides is 1. The molecule has 1 aliphatic rings. The Morgan fingerprint density at radius 2 is 2.07 bits per heavy atom. The minimum Gasteiger partial charge on any atom is -0.272 e. The number of carbonyl (C=O) groups excluding carboxylic acids is 1. The quantitative estimate of drug-likeness (QED) is 0.415. The molecular formula is C16H21ClN4O5S. The lowest BCUT2D eigenvalue weighted by Crippen LogP contribution is -2.45. The van der Waals surface area contributed by atoms with E-state index >= 15 is 0 Å². The van der Waals surface area contributed by atoms with Crippen molar-refractivity contribution in [1.29, 1.82) is 0 Å². The zero-order chi connectivity index (χ0) is 20.0. The number of non-ortho nitro benzene ring substituents is 1. The smallest absolute Gasteiger partial charge is 0.270 e. The Morgan fingerprint density at radius 3 is 2.67 bits per heavy atom. The maximum Gasteiger partial charge on any atom is 0.270 e. The number of carbonyl (C=O) groups is 1. The molecule has 1 amide bonds. The van der Waals surface area contributed by atoms with E-state index in [1.54, 1.807) is 0 Å². The fourth-order valence-corrected chi connectivity index (χ4v) is 4.25. The van der Waals surface area contributed by atoms with Crippen molar-refractivity contribution in [2.45, 2.75) is 38.1 Å². The topological polar surface area (TPSA) is 122 Å². The van der Waals surface area contributed by atoms with Crippen LogP contribution < -0.4 is 5.43 Å². The van der Waals surface area contributed by atoms with Crippen molar-refractivity contribution in [3.63, 3.8) is 0 Å². The summed E-state index contributed by atoms with van der Waals surface area (Å²) < 4.78 is 25.3. The van der Waals surface area contributed by atoms with Gasteiger partial charge in [-0.05, 0) is 18.9 Å². The molecule has 0 aliphatic heterocycles. The van der Waals surface area contributed by atoms with Crippen LogP contribution in [-0.2, 0) is 14.8 Å². The van der Waals surface area contributed by atoms with Crippen LogP contribution in [0.4, 0.5) is 5.69 Å². The van der Waals surface area contributed by atoms with Crippen molar-refractivity contribution < 1.29 is 18.1 Å². The van der Waals surface area contributed by atoms with Crippen molar-refractivity contribution in [1.82, 2.24) is 9.73 Å². The van der Waals surface area contributed by atoms with Crippen molar-refractivity contribution in [2.75, 3.05) is 12.8 Å². The third-order valence-electron chi connectivity index (χ3n) is 4.29. The van der Waals surface area contributed by atoms with Crippen LogP contribution in [0, 0.1) is 10.1 Å². The highest BCUT2D eigenvalue weighted by atomic mass is 35.5. The van der Waals surface area contributed by atoms with E-state index in [4.69, 9.17) is 11.6 Å². The Labute approximate surface area is 162 Å². The number of nitro groups is 1. The highest BCUT2D eigenvalue weighted by molar-refractivity contribution is 7.88. The van der Waals surface area contributed by atoms with Gasteiger partial charge in [0.1, 0.15) is 0 Å². The summed E-state index contributed by atoms with van der Waals surface area (Å²) >= 11 is 5.95. The minimum absolute atomic E-state index is 0.160. The molecule has 2 rings (SSSR count). The van der Waals surface area contributed by atoms with Crippen LogP contribution in [-0.4, -0.2) is 48.6 Å². The molecule has 0 radical (unpaired) electrons. The molecule has 11 heteroatoms. The van der Waals surface area contributed by atoms with Gasteiger partial charge in [-0.1, -0.05) is 30.9 Å². The van der Waals surface area contributed by atoms with Gasteiger partial charge >= 0.3 is 0 Å². The predicted octanol–water partition coefficient (Wildman–Crippen LogP) is 2.29. The summed E-state index contributed by atoms with van der Waals surface area (Å²) in [5, 5.41) is 14.8. The van der Waals surface area contributed by atoms with Gasteiger partial charge in [0.15, 0.2) is 0 Å². The number of hydrogen-bond acceptors (Lipinski definition) is 6. The van der Waals surface area contributed by atoms with Crippen LogP contribution in [0.15, 0.2) is 23.3 Å². The zero-order valence-corrected chi connectivity index (χ0v) is 16.4. The average molecular weight is 417 g/mol. The number of nitrogens with zero attached hydrogens (tertiary/aromatic N) is 3. The van der Waals surface area contributed by atoms with Crippen LogP contribution >= 0.6 is 11.6 Å². The maximum absolute atomic E-state index is 12.1. The van der Waals surface area contributed by atoms with Crippen molar-refractivity contribution in [2.24, 2.45) is 5.10 Å². The van der Waals surface area contributed by atoms with Gasteiger partial charge in [-0.25, -0.2) is 13.8 Å². The van der Waals surface area contributed by atoms with E-state index in [-0.39, 0.29) is 28.9 Å². The summed E-state index contributed by atoms with van der Waals surface area (Å²) in [5.41, 5.74) is 2.35. The number of hydrogen-bond donors (Lipinski definition) is 1. The fourth-order valence-electron chi connectivity index (χ4n) is 2.98. The second kappa shape index (κ2) is 9.25. The van der Waals surface area contributed by atoms with Crippen molar-refractivity contribution >= 4 is 39.4 Å². The van der Waals surface area contributed by atoms with Crippen LogP contribution in [0.3, 0.4) is 0 Å². The van der Waals surface area contributed by atoms with Gasteiger partial charge < -0.3 is 0 Å². The number of nitro benzene ring substituents is 1. The van der Waals surface area contributed by atoms with Gasteiger partial charge in [-0.15, -0.1) is 0 Å². The van der Waals surface area contributed by atoms with Crippen molar-refractivity contribution in [3.05, 3.63) is 38.9 Å². The Balaban J connectivity index is 2.02. The second-order valence-electron chi connectivity index (χ2n) is 6.36. The van der Waals surface area contributed by atoms with Crippen LogP contribution in [0.1, 0.15) is 37.7 Å². The first kappa shape index (κ1) is 21.3. The Bertz CT molecular complexity index is 837. The summed E-state index contributed by atoms with van der Waals surface area (Å²) in [4.78, 5) is 22.3. The van der Waals surface area contributed by atoms with Gasteiger partial charge in [0.2, 0.25) is 10.0 Å². The summed E-state index contributed by atoms with van der Waals surface area (Å²) in [7, 11) is -3.53. The van der Waals surface area contributed by atoms with Gasteiger partial charge in [0, 0.05) is 28.8 Å². The summed E-state index contributed by atoms with van der Waals surface area (Å²) in [6, 6.07) is 3.65. The molecule has 0 atom stereocenters. The molecular weight excluding hydrogens is 396 g/mol. The number of nitrogens with one attached hydrogen (secondary N) is 1. The van der Waals surface area contributed by atoms with E-state index in [0.717, 1.165) is 38.4 Å². The lowest BCUT2D eigenvalue weighted by Gasteiger charge is -2.31. The van der Waals surface area contributed by atoms with Gasteiger partial charge in [-0.3, -0.25) is 14.9 Å². The van der Waals surface area contributed by atoms with E-state index in [1.165, 1.54) is 28.7 Å². The largest absolute Gasteiger partial charge is 0.272 e. The molecule has 0 aromatic heterocycles. The molecule has 1 fully saturated rings. The molecule has 1 saturated carbocycles. The predicted molar refractivity (Wildman–Crippen MR) is 102 cm³/mol. The Kier molecular flexibility index (Phi) is 7.28. The monoisotopic (exact) mass is 416 g/mol. The van der Waals surface area contributed by atoms with Gasteiger partial charge in [-0.2, -0.15) is 9.41 Å². The van der Waals surface area contributed by atoms with Crippen LogP contribution in [0.2, 0.25) is 5.02 Å². The molecule has 0 spiro atoms. The molecule has 0 heterocycles. The molecule has 1 aromatic rings. The molecule has 1 aliphatic carbocycles. The first-order valence-electron chi connectivity index (χ1n) is 8.41. The highest BCUT2D eigenvalue weighted by Gasteiger charge is 2.29. The average Bonchev–Trinajstić information content (AvgIpc) is 2.61. The van der Waals surface area contributed by atoms with E-state index in [0.29, 0.717) is 0 Å². The summed E-state index contributed by atoms with van der Waals surface area (Å²) in [5.74, 6) is -0.594. The number of amides is 1. The SMILES string of the molecule is CS(=O)(=O)N(CC(=O)NN=Cc1cc([N+](=O)[O-])ccc1Cl)C1CCCCC1. The van der Waals surface area contributed by atoms with E-state index in [9.17, 15) is 23.3 Å². The van der Waals surface area contributed by atoms with Gasteiger partial charge in [0.25, 0.3) is 11.6 Å². The molecule has 0 unspecified atom stereocenters. The maximum atomic E-state index is 12.1. The zero-order valence-electron chi connectivity index (χ0n) is 14.8. The van der Waals surface area contributed by atoms with E-state index in [1.807, 2.05) is 0 Å². The first-order valence-corrected chi connectivity index (χ1v) is 10.6. The molecule has 9 nitrogen and oxygen atoms in total. The minimum atomic E-state index is -3.53. The lowest BCUT2D eigenvalue weighted by atomic mass is 9.95. The third kappa shape index (κ3) is 6.26. The number of hydrazone groups is 1. The molecule has 27 heavy (non-hydrogen) atoms. The number of benzene rings is 1.